The summed E-state index contributed by atoms with van der Waals surface area (Å²) in [6.45, 7) is 3.50. The molecule has 2 heterocycles. The molecule has 4 rings (SSSR count). The summed E-state index contributed by atoms with van der Waals surface area (Å²) in [4.78, 5) is 53.0. The number of hydrogen-bond acceptors (Lipinski definition) is 6. The Balaban J connectivity index is 1.40. The van der Waals surface area contributed by atoms with Gasteiger partial charge in [-0.05, 0) is 43.3 Å². The first-order valence-electron chi connectivity index (χ1n) is 10.4. The van der Waals surface area contributed by atoms with Crippen LogP contribution in [0.2, 0.25) is 0 Å². The third-order valence-corrected chi connectivity index (χ3v) is 5.44. The molecule has 0 aromatic heterocycles. The van der Waals surface area contributed by atoms with Crippen molar-refractivity contribution in [1.29, 1.82) is 0 Å². The number of anilines is 2. The van der Waals surface area contributed by atoms with Gasteiger partial charge in [-0.1, -0.05) is 12.1 Å². The summed E-state index contributed by atoms with van der Waals surface area (Å²) in [6.07, 6.45) is -0.457. The highest BCUT2D eigenvalue weighted by molar-refractivity contribution is 6.21. The molecule has 0 unspecified atom stereocenters. The Morgan fingerprint density at radius 1 is 1.06 bits per heavy atom. The number of rotatable bonds is 9. The molecule has 9 heteroatoms. The fourth-order valence-corrected chi connectivity index (χ4v) is 3.81. The maximum atomic E-state index is 12.6. The van der Waals surface area contributed by atoms with Crippen molar-refractivity contribution in [2.45, 2.75) is 13.0 Å². The Morgan fingerprint density at radius 3 is 2.31 bits per heavy atom. The number of benzene rings is 2. The standard InChI is InChI=1S/C23H23N3O6/c1-2-31-12-11-24(15-27)16-7-9-17(10-8-16)25-13-18(32-23(25)30)14-26-21(28)19-5-3-4-6-20(19)22(26)29/h3-10,15,18H,2,11-14H2,1H3/t18-/m1/s1. The van der Waals surface area contributed by atoms with Crippen molar-refractivity contribution >= 4 is 35.7 Å². The Kier molecular flexibility index (Phi) is 6.18. The molecule has 9 nitrogen and oxygen atoms in total. The third kappa shape index (κ3) is 4.06. The van der Waals surface area contributed by atoms with Crippen molar-refractivity contribution < 1.29 is 28.7 Å². The minimum Gasteiger partial charge on any atom is -0.442 e. The lowest BCUT2D eigenvalue weighted by Gasteiger charge is -2.19. The molecule has 1 saturated heterocycles. The van der Waals surface area contributed by atoms with Crippen molar-refractivity contribution in [2.24, 2.45) is 0 Å². The van der Waals surface area contributed by atoms with Crippen molar-refractivity contribution in [3.63, 3.8) is 0 Å². The van der Waals surface area contributed by atoms with Gasteiger partial charge in [0, 0.05) is 24.5 Å². The average Bonchev–Trinajstić information content (AvgIpc) is 3.30. The van der Waals surface area contributed by atoms with Crippen LogP contribution in [-0.2, 0) is 14.3 Å². The average molecular weight is 437 g/mol. The molecule has 2 aliphatic heterocycles. The number of hydrogen-bond donors (Lipinski definition) is 0. The molecule has 166 valence electrons. The van der Waals surface area contributed by atoms with Gasteiger partial charge in [0.1, 0.15) is 6.10 Å². The van der Waals surface area contributed by atoms with Crippen LogP contribution < -0.4 is 9.80 Å². The van der Waals surface area contributed by atoms with Gasteiger partial charge in [-0.25, -0.2) is 4.79 Å². The van der Waals surface area contributed by atoms with Crippen molar-refractivity contribution in [2.75, 3.05) is 42.6 Å². The quantitative estimate of drug-likeness (QED) is 0.339. The van der Waals surface area contributed by atoms with Crippen molar-refractivity contribution in [1.82, 2.24) is 4.90 Å². The van der Waals surface area contributed by atoms with Crippen LogP contribution in [0.15, 0.2) is 48.5 Å². The van der Waals surface area contributed by atoms with Gasteiger partial charge in [0.25, 0.3) is 11.8 Å². The predicted molar refractivity (Wildman–Crippen MR) is 116 cm³/mol. The summed E-state index contributed by atoms with van der Waals surface area (Å²) < 4.78 is 10.7. The van der Waals surface area contributed by atoms with E-state index in [0.29, 0.717) is 42.3 Å². The Labute approximate surface area is 185 Å². The second kappa shape index (κ2) is 9.19. The summed E-state index contributed by atoms with van der Waals surface area (Å²) in [5, 5.41) is 0. The fourth-order valence-electron chi connectivity index (χ4n) is 3.81. The zero-order valence-corrected chi connectivity index (χ0v) is 17.6. The van der Waals surface area contributed by atoms with Gasteiger partial charge in [0.05, 0.1) is 30.8 Å². The van der Waals surface area contributed by atoms with E-state index in [1.807, 2.05) is 6.92 Å². The van der Waals surface area contributed by atoms with Crippen LogP contribution in [0.1, 0.15) is 27.6 Å². The number of cyclic esters (lactones) is 1. The van der Waals surface area contributed by atoms with E-state index < -0.39 is 12.2 Å². The molecule has 0 N–H and O–H groups in total. The van der Waals surface area contributed by atoms with Crippen LogP contribution in [0.5, 0.6) is 0 Å². The van der Waals surface area contributed by atoms with Crippen LogP contribution in [0.4, 0.5) is 16.2 Å². The molecule has 0 aliphatic carbocycles. The molecule has 2 aromatic rings. The van der Waals surface area contributed by atoms with E-state index >= 15 is 0 Å². The lowest BCUT2D eigenvalue weighted by atomic mass is 10.1. The number of carbonyl (C=O) groups is 4. The molecule has 2 aromatic carbocycles. The second-order valence-electron chi connectivity index (χ2n) is 7.39. The molecule has 0 radical (unpaired) electrons. The molecular weight excluding hydrogens is 414 g/mol. The molecule has 1 fully saturated rings. The molecule has 2 aliphatic rings. The highest BCUT2D eigenvalue weighted by atomic mass is 16.6. The van der Waals surface area contributed by atoms with E-state index in [2.05, 4.69) is 0 Å². The topological polar surface area (TPSA) is 96.5 Å². The minimum absolute atomic E-state index is 0.0109. The van der Waals surface area contributed by atoms with Crippen LogP contribution in [-0.4, -0.2) is 68.2 Å². The van der Waals surface area contributed by atoms with Gasteiger partial charge < -0.3 is 14.4 Å². The molecule has 32 heavy (non-hydrogen) atoms. The number of ether oxygens (including phenoxy) is 2. The van der Waals surface area contributed by atoms with E-state index in [1.165, 1.54) is 9.80 Å². The first kappa shape index (κ1) is 21.5. The van der Waals surface area contributed by atoms with Crippen LogP contribution in [0.3, 0.4) is 0 Å². The number of imide groups is 1. The predicted octanol–water partition coefficient (Wildman–Crippen LogP) is 2.31. The third-order valence-electron chi connectivity index (χ3n) is 5.44. The Bertz CT molecular complexity index is 1000. The van der Waals surface area contributed by atoms with Crippen LogP contribution in [0.25, 0.3) is 0 Å². The SMILES string of the molecule is CCOCCN(C=O)c1ccc(N2C[C@H](CN3C(=O)c4ccccc4C3=O)OC2=O)cc1. The smallest absolute Gasteiger partial charge is 0.414 e. The summed E-state index contributed by atoms with van der Waals surface area (Å²) in [7, 11) is 0. The van der Waals surface area contributed by atoms with Gasteiger partial charge in [-0.3, -0.25) is 24.2 Å². The summed E-state index contributed by atoms with van der Waals surface area (Å²) in [5.41, 5.74) is 1.99. The van der Waals surface area contributed by atoms with E-state index in [4.69, 9.17) is 9.47 Å². The maximum Gasteiger partial charge on any atom is 0.414 e. The van der Waals surface area contributed by atoms with E-state index in [1.54, 1.807) is 48.5 Å². The monoisotopic (exact) mass is 437 g/mol. The zero-order valence-electron chi connectivity index (χ0n) is 17.6. The molecular formula is C23H23N3O6. The first-order valence-corrected chi connectivity index (χ1v) is 10.4. The van der Waals surface area contributed by atoms with Gasteiger partial charge in [0.2, 0.25) is 6.41 Å². The fraction of sp³-hybridized carbons (Fsp3) is 0.304. The number of nitrogens with zero attached hydrogens (tertiary/aromatic N) is 3. The lowest BCUT2D eigenvalue weighted by molar-refractivity contribution is -0.107. The van der Waals surface area contributed by atoms with Gasteiger partial charge in [-0.2, -0.15) is 0 Å². The largest absolute Gasteiger partial charge is 0.442 e. The number of amides is 4. The summed E-state index contributed by atoms with van der Waals surface area (Å²) in [5.74, 6) is -0.768. The number of fused-ring (bicyclic) bond motifs is 1. The summed E-state index contributed by atoms with van der Waals surface area (Å²) >= 11 is 0. The number of carbonyl (C=O) groups excluding carboxylic acids is 4. The van der Waals surface area contributed by atoms with Crippen molar-refractivity contribution in [3.05, 3.63) is 59.7 Å². The zero-order chi connectivity index (χ0) is 22.7. The molecule has 0 bridgehead atoms. The Morgan fingerprint density at radius 2 is 1.72 bits per heavy atom. The van der Waals surface area contributed by atoms with Crippen LogP contribution >= 0.6 is 0 Å². The highest BCUT2D eigenvalue weighted by Crippen LogP contribution is 2.27. The lowest BCUT2D eigenvalue weighted by Crippen LogP contribution is -2.38. The van der Waals surface area contributed by atoms with Gasteiger partial charge >= 0.3 is 6.09 Å². The maximum absolute atomic E-state index is 12.6. The van der Waals surface area contributed by atoms with E-state index in [0.717, 1.165) is 11.3 Å². The molecule has 4 amide bonds. The van der Waals surface area contributed by atoms with Crippen LogP contribution in [0, 0.1) is 0 Å². The van der Waals surface area contributed by atoms with Gasteiger partial charge in [0.15, 0.2) is 0 Å². The summed E-state index contributed by atoms with van der Waals surface area (Å²) in [6, 6.07) is 13.5. The second-order valence-corrected chi connectivity index (χ2v) is 7.39. The normalized spacial score (nSPS) is 17.5. The molecule has 0 spiro atoms. The van der Waals surface area contributed by atoms with E-state index in [-0.39, 0.29) is 24.9 Å². The molecule has 1 atom stereocenters. The minimum atomic E-state index is -0.637. The molecule has 0 saturated carbocycles. The first-order chi connectivity index (χ1) is 15.5. The highest BCUT2D eigenvalue weighted by Gasteiger charge is 2.40. The Hall–Kier alpha value is -3.72. The van der Waals surface area contributed by atoms with Gasteiger partial charge in [-0.15, -0.1) is 0 Å². The van der Waals surface area contributed by atoms with Crippen molar-refractivity contribution in [3.8, 4) is 0 Å². The van der Waals surface area contributed by atoms with E-state index in [9.17, 15) is 19.2 Å².